The van der Waals surface area contributed by atoms with E-state index in [-0.39, 0.29) is 0 Å². The van der Waals surface area contributed by atoms with Crippen LogP contribution < -0.4 is 5.32 Å². The Morgan fingerprint density at radius 3 is 2.94 bits per heavy atom. The van der Waals surface area contributed by atoms with E-state index in [0.29, 0.717) is 11.5 Å². The molecule has 1 aromatic heterocycles. The van der Waals surface area contributed by atoms with Gasteiger partial charge in [0.1, 0.15) is 5.82 Å². The van der Waals surface area contributed by atoms with E-state index in [0.717, 1.165) is 25.2 Å². The maximum Gasteiger partial charge on any atom is 0.109 e. The van der Waals surface area contributed by atoms with Gasteiger partial charge >= 0.3 is 0 Å². The third kappa shape index (κ3) is 3.56. The van der Waals surface area contributed by atoms with E-state index in [4.69, 9.17) is 0 Å². The lowest BCUT2D eigenvalue weighted by molar-refractivity contribution is 0.325. The van der Waals surface area contributed by atoms with Gasteiger partial charge in [-0.15, -0.1) is 0 Å². The van der Waals surface area contributed by atoms with Crippen LogP contribution >= 0.6 is 0 Å². The Morgan fingerprint density at radius 2 is 2.24 bits per heavy atom. The molecule has 3 heteroatoms. The van der Waals surface area contributed by atoms with E-state index >= 15 is 0 Å². The second-order valence-corrected chi connectivity index (χ2v) is 6.45. The standard InChI is InChI=1S/C14H25N3/c1-11-9-17-10-12(5-6-13(17)16-11)15-8-7-14(2,3)4/h9,12,15H,5-8,10H2,1-4H3/t12-/m1/s1. The predicted octanol–water partition coefficient (Wildman–Crippen LogP) is 2.53. The quantitative estimate of drug-likeness (QED) is 0.872. The van der Waals surface area contributed by atoms with Crippen molar-refractivity contribution in [2.75, 3.05) is 6.54 Å². The first-order valence-corrected chi connectivity index (χ1v) is 6.70. The van der Waals surface area contributed by atoms with Crippen molar-refractivity contribution in [2.45, 2.75) is 59.5 Å². The van der Waals surface area contributed by atoms with Crippen molar-refractivity contribution < 1.29 is 0 Å². The number of hydrogen-bond donors (Lipinski definition) is 1. The van der Waals surface area contributed by atoms with Gasteiger partial charge in [0.05, 0.1) is 5.69 Å². The lowest BCUT2D eigenvalue weighted by atomic mass is 9.92. The fourth-order valence-corrected chi connectivity index (χ4v) is 2.40. The third-order valence-electron chi connectivity index (χ3n) is 3.42. The van der Waals surface area contributed by atoms with Crippen molar-refractivity contribution >= 4 is 0 Å². The third-order valence-corrected chi connectivity index (χ3v) is 3.42. The second-order valence-electron chi connectivity index (χ2n) is 6.45. The van der Waals surface area contributed by atoms with E-state index in [2.05, 4.69) is 48.8 Å². The van der Waals surface area contributed by atoms with E-state index < -0.39 is 0 Å². The Labute approximate surface area is 105 Å². The van der Waals surface area contributed by atoms with Crippen molar-refractivity contribution in [1.82, 2.24) is 14.9 Å². The molecule has 3 nitrogen and oxygen atoms in total. The van der Waals surface area contributed by atoms with E-state index in [1.165, 1.54) is 18.7 Å². The van der Waals surface area contributed by atoms with Gasteiger partial charge in [0, 0.05) is 25.2 Å². The van der Waals surface area contributed by atoms with Crippen LogP contribution in [0.15, 0.2) is 6.20 Å². The summed E-state index contributed by atoms with van der Waals surface area (Å²) in [7, 11) is 0. The van der Waals surface area contributed by atoms with Crippen LogP contribution in [-0.2, 0) is 13.0 Å². The van der Waals surface area contributed by atoms with Crippen LogP contribution in [0.4, 0.5) is 0 Å². The van der Waals surface area contributed by atoms with Crippen LogP contribution in [0, 0.1) is 12.3 Å². The number of rotatable bonds is 3. The van der Waals surface area contributed by atoms with Crippen LogP contribution in [0.1, 0.15) is 45.1 Å². The molecule has 17 heavy (non-hydrogen) atoms. The molecule has 1 aliphatic heterocycles. The second kappa shape index (κ2) is 4.81. The lowest BCUT2D eigenvalue weighted by Crippen LogP contribution is -2.38. The molecule has 96 valence electrons. The summed E-state index contributed by atoms with van der Waals surface area (Å²) in [6.45, 7) is 11.2. The van der Waals surface area contributed by atoms with Crippen LogP contribution in [-0.4, -0.2) is 22.1 Å². The maximum absolute atomic E-state index is 4.54. The van der Waals surface area contributed by atoms with Crippen LogP contribution in [0.2, 0.25) is 0 Å². The molecule has 1 N–H and O–H groups in total. The van der Waals surface area contributed by atoms with Crippen LogP contribution in [0.5, 0.6) is 0 Å². The summed E-state index contributed by atoms with van der Waals surface area (Å²) in [6, 6.07) is 0.624. The zero-order chi connectivity index (χ0) is 12.5. The highest BCUT2D eigenvalue weighted by molar-refractivity contribution is 5.05. The number of hydrogen-bond acceptors (Lipinski definition) is 2. The number of imidazole rings is 1. The highest BCUT2D eigenvalue weighted by atomic mass is 15.1. The minimum atomic E-state index is 0.429. The fraction of sp³-hybridized carbons (Fsp3) is 0.786. The molecule has 1 aromatic rings. The highest BCUT2D eigenvalue weighted by Crippen LogP contribution is 2.18. The van der Waals surface area contributed by atoms with Gasteiger partial charge in [0.25, 0.3) is 0 Å². The summed E-state index contributed by atoms with van der Waals surface area (Å²) >= 11 is 0. The molecule has 0 amide bonds. The van der Waals surface area contributed by atoms with Gasteiger partial charge in [-0.2, -0.15) is 0 Å². The predicted molar refractivity (Wildman–Crippen MR) is 71.1 cm³/mol. The fourth-order valence-electron chi connectivity index (χ4n) is 2.40. The van der Waals surface area contributed by atoms with Crippen molar-refractivity contribution in [2.24, 2.45) is 5.41 Å². The molecule has 1 aliphatic rings. The molecular weight excluding hydrogens is 210 g/mol. The van der Waals surface area contributed by atoms with Gasteiger partial charge in [-0.3, -0.25) is 0 Å². The molecule has 0 saturated heterocycles. The van der Waals surface area contributed by atoms with Crippen LogP contribution in [0.25, 0.3) is 0 Å². The van der Waals surface area contributed by atoms with Gasteiger partial charge in [0.2, 0.25) is 0 Å². The van der Waals surface area contributed by atoms with Gasteiger partial charge < -0.3 is 9.88 Å². The topological polar surface area (TPSA) is 29.9 Å². The van der Waals surface area contributed by atoms with Crippen molar-refractivity contribution in [3.05, 3.63) is 17.7 Å². The van der Waals surface area contributed by atoms with Crippen molar-refractivity contribution in [1.29, 1.82) is 0 Å². The molecule has 0 unspecified atom stereocenters. The van der Waals surface area contributed by atoms with Gasteiger partial charge in [0.15, 0.2) is 0 Å². The molecule has 0 aromatic carbocycles. The maximum atomic E-state index is 4.54. The zero-order valence-corrected chi connectivity index (χ0v) is 11.6. The Morgan fingerprint density at radius 1 is 1.47 bits per heavy atom. The summed E-state index contributed by atoms with van der Waals surface area (Å²) in [5.74, 6) is 1.26. The minimum absolute atomic E-state index is 0.429. The molecule has 2 rings (SSSR count). The first-order chi connectivity index (χ1) is 7.94. The molecule has 0 bridgehead atoms. The summed E-state index contributed by atoms with van der Waals surface area (Å²) in [5, 5.41) is 3.68. The number of nitrogens with zero attached hydrogens (tertiary/aromatic N) is 2. The molecule has 0 aliphatic carbocycles. The average Bonchev–Trinajstić information content (AvgIpc) is 2.55. The van der Waals surface area contributed by atoms with Gasteiger partial charge in [-0.1, -0.05) is 20.8 Å². The Bertz CT molecular complexity index is 373. The van der Waals surface area contributed by atoms with E-state index in [1.807, 2.05) is 0 Å². The van der Waals surface area contributed by atoms with Crippen molar-refractivity contribution in [3.63, 3.8) is 0 Å². The first-order valence-electron chi connectivity index (χ1n) is 6.70. The number of aromatic nitrogens is 2. The Kier molecular flexibility index (Phi) is 3.57. The van der Waals surface area contributed by atoms with Crippen molar-refractivity contribution in [3.8, 4) is 0 Å². The molecule has 2 heterocycles. The summed E-state index contributed by atoms with van der Waals surface area (Å²) < 4.78 is 2.31. The number of nitrogens with one attached hydrogen (secondary N) is 1. The summed E-state index contributed by atoms with van der Waals surface area (Å²) in [5.41, 5.74) is 1.58. The first kappa shape index (κ1) is 12.6. The largest absolute Gasteiger partial charge is 0.333 e. The van der Waals surface area contributed by atoms with Gasteiger partial charge in [-0.05, 0) is 31.7 Å². The van der Waals surface area contributed by atoms with Gasteiger partial charge in [-0.25, -0.2) is 4.98 Å². The smallest absolute Gasteiger partial charge is 0.109 e. The molecule has 0 fully saturated rings. The number of aryl methyl sites for hydroxylation is 2. The normalized spacial score (nSPS) is 20.4. The van der Waals surface area contributed by atoms with E-state index in [9.17, 15) is 0 Å². The summed E-state index contributed by atoms with van der Waals surface area (Å²) in [6.07, 6.45) is 5.74. The molecule has 0 spiro atoms. The molecule has 0 radical (unpaired) electrons. The Hall–Kier alpha value is -0.830. The molecule has 1 atom stereocenters. The summed E-state index contributed by atoms with van der Waals surface area (Å²) in [4.78, 5) is 4.54. The highest BCUT2D eigenvalue weighted by Gasteiger charge is 2.19. The molecular formula is C14H25N3. The van der Waals surface area contributed by atoms with E-state index in [1.54, 1.807) is 0 Å². The SMILES string of the molecule is Cc1cn2c(n1)CC[C@@H](NCCC(C)(C)C)C2. The minimum Gasteiger partial charge on any atom is -0.333 e. The Balaban J connectivity index is 1.82. The lowest BCUT2D eigenvalue weighted by Gasteiger charge is -2.26. The molecule has 0 saturated carbocycles. The van der Waals surface area contributed by atoms with Crippen LogP contribution in [0.3, 0.4) is 0 Å². The zero-order valence-electron chi connectivity index (χ0n) is 11.6. The number of fused-ring (bicyclic) bond motifs is 1. The monoisotopic (exact) mass is 235 g/mol. The average molecular weight is 235 g/mol.